The predicted octanol–water partition coefficient (Wildman–Crippen LogP) is 1.76. The minimum Gasteiger partial charge on any atom is -0.546 e. The first-order valence-electron chi connectivity index (χ1n) is 3.30. The van der Waals surface area contributed by atoms with Gasteiger partial charge in [0.05, 0.1) is 5.76 Å². The summed E-state index contributed by atoms with van der Waals surface area (Å²) < 4.78 is 5.46. The van der Waals surface area contributed by atoms with Crippen LogP contribution >= 0.6 is 0 Å². The summed E-state index contributed by atoms with van der Waals surface area (Å²) in [6.07, 6.45) is 2.30. The molecular formula is C7H12OSi. The zero-order chi connectivity index (χ0) is 6.69. The van der Waals surface area contributed by atoms with Gasteiger partial charge in [-0.25, -0.2) is 0 Å². The van der Waals surface area contributed by atoms with Crippen LogP contribution in [-0.2, 0) is 4.43 Å². The molecule has 0 saturated carbocycles. The molecule has 0 spiro atoms. The lowest BCUT2D eigenvalue weighted by Gasteiger charge is -2.21. The zero-order valence-electron chi connectivity index (χ0n) is 5.60. The van der Waals surface area contributed by atoms with E-state index < -0.39 is 9.04 Å². The highest BCUT2D eigenvalue weighted by Gasteiger charge is 2.14. The lowest BCUT2D eigenvalue weighted by atomic mass is 10.3. The molecule has 2 heteroatoms. The molecule has 1 heterocycles. The van der Waals surface area contributed by atoms with Crippen LogP contribution in [0, 0.1) is 0 Å². The van der Waals surface area contributed by atoms with E-state index in [9.17, 15) is 0 Å². The second-order valence-corrected chi connectivity index (χ2v) is 4.68. The minimum atomic E-state index is -0.999. The van der Waals surface area contributed by atoms with Crippen LogP contribution in [-0.4, -0.2) is 9.04 Å². The Morgan fingerprint density at radius 3 is 2.89 bits per heavy atom. The molecule has 0 N–H and O–H groups in total. The molecule has 0 aromatic rings. The van der Waals surface area contributed by atoms with Gasteiger partial charge in [-0.3, -0.25) is 0 Å². The Morgan fingerprint density at radius 1 is 1.67 bits per heavy atom. The van der Waals surface area contributed by atoms with E-state index in [-0.39, 0.29) is 0 Å². The van der Waals surface area contributed by atoms with E-state index >= 15 is 0 Å². The summed E-state index contributed by atoms with van der Waals surface area (Å²) in [5.74, 6) is 0.970. The highest BCUT2D eigenvalue weighted by atomic mass is 28.3. The van der Waals surface area contributed by atoms with Gasteiger partial charge in [-0.1, -0.05) is 12.3 Å². The van der Waals surface area contributed by atoms with E-state index in [4.69, 9.17) is 4.43 Å². The van der Waals surface area contributed by atoms with Crippen molar-refractivity contribution in [2.75, 3.05) is 0 Å². The fourth-order valence-electron chi connectivity index (χ4n) is 0.998. The molecule has 9 heavy (non-hydrogen) atoms. The van der Waals surface area contributed by atoms with E-state index in [1.54, 1.807) is 0 Å². The standard InChI is InChI=1S/C7H12OSi/c1-3-9-6-4-5-7(2)8-9/h3,9H,1-2,4-6H2. The van der Waals surface area contributed by atoms with Gasteiger partial charge in [-0.15, -0.1) is 6.58 Å². The zero-order valence-corrected chi connectivity index (χ0v) is 6.75. The smallest absolute Gasteiger partial charge is 0.259 e. The summed E-state index contributed by atoms with van der Waals surface area (Å²) in [4.78, 5) is 0. The number of allylic oxidation sites excluding steroid dienone is 1. The maximum Gasteiger partial charge on any atom is 0.259 e. The lowest BCUT2D eigenvalue weighted by molar-refractivity contribution is 0.391. The molecule has 0 amide bonds. The molecule has 1 atom stereocenters. The van der Waals surface area contributed by atoms with Crippen molar-refractivity contribution in [3.05, 3.63) is 24.6 Å². The molecule has 1 fully saturated rings. The highest BCUT2D eigenvalue weighted by molar-refractivity contribution is 6.58. The molecule has 1 rings (SSSR count). The minimum absolute atomic E-state index is 0.970. The van der Waals surface area contributed by atoms with Crippen molar-refractivity contribution >= 4 is 9.04 Å². The normalized spacial score (nSPS) is 27.1. The molecule has 50 valence electrons. The lowest BCUT2D eigenvalue weighted by Crippen LogP contribution is -2.18. The van der Waals surface area contributed by atoms with Crippen LogP contribution < -0.4 is 0 Å². The monoisotopic (exact) mass is 140 g/mol. The molecule has 0 aromatic heterocycles. The molecule has 1 aliphatic rings. The van der Waals surface area contributed by atoms with E-state index in [1.807, 2.05) is 5.70 Å². The van der Waals surface area contributed by atoms with Gasteiger partial charge in [0.25, 0.3) is 9.04 Å². The van der Waals surface area contributed by atoms with E-state index in [0.717, 1.165) is 12.2 Å². The van der Waals surface area contributed by atoms with Gasteiger partial charge in [0.15, 0.2) is 0 Å². The van der Waals surface area contributed by atoms with Crippen molar-refractivity contribution in [3.63, 3.8) is 0 Å². The van der Waals surface area contributed by atoms with Crippen molar-refractivity contribution in [2.45, 2.75) is 18.9 Å². The molecule has 1 aliphatic heterocycles. The average molecular weight is 140 g/mol. The Labute approximate surface area is 57.8 Å². The van der Waals surface area contributed by atoms with Crippen LogP contribution in [0.3, 0.4) is 0 Å². The largest absolute Gasteiger partial charge is 0.546 e. The third-order valence-corrected chi connectivity index (χ3v) is 3.66. The summed E-state index contributed by atoms with van der Waals surface area (Å²) >= 11 is 0. The number of hydrogen-bond acceptors (Lipinski definition) is 1. The summed E-state index contributed by atoms with van der Waals surface area (Å²) in [6.45, 7) is 7.49. The van der Waals surface area contributed by atoms with Crippen molar-refractivity contribution in [1.29, 1.82) is 0 Å². The van der Waals surface area contributed by atoms with Crippen LogP contribution in [0.4, 0.5) is 0 Å². The van der Waals surface area contributed by atoms with Gasteiger partial charge in [-0.05, 0) is 12.5 Å². The van der Waals surface area contributed by atoms with Crippen LogP contribution in [0.5, 0.6) is 0 Å². The van der Waals surface area contributed by atoms with Gasteiger partial charge in [0, 0.05) is 6.42 Å². The van der Waals surface area contributed by atoms with Crippen molar-refractivity contribution in [3.8, 4) is 0 Å². The summed E-state index contributed by atoms with van der Waals surface area (Å²) in [6, 6.07) is 1.24. The van der Waals surface area contributed by atoms with Crippen LogP contribution in [0.25, 0.3) is 0 Å². The average Bonchev–Trinajstić information content (AvgIpc) is 1.88. The Bertz CT molecular complexity index is 131. The molecule has 0 aliphatic carbocycles. The van der Waals surface area contributed by atoms with Crippen molar-refractivity contribution in [1.82, 2.24) is 0 Å². The van der Waals surface area contributed by atoms with Gasteiger partial charge in [0.2, 0.25) is 0 Å². The van der Waals surface area contributed by atoms with E-state index in [0.29, 0.717) is 0 Å². The molecule has 0 bridgehead atoms. The Morgan fingerprint density at radius 2 is 2.44 bits per heavy atom. The van der Waals surface area contributed by atoms with Gasteiger partial charge < -0.3 is 4.43 Å². The second kappa shape index (κ2) is 2.87. The highest BCUT2D eigenvalue weighted by Crippen LogP contribution is 2.18. The molecule has 1 saturated heterocycles. The number of hydrogen-bond donors (Lipinski definition) is 0. The number of rotatable bonds is 1. The molecular weight excluding hydrogens is 128 g/mol. The quantitative estimate of drug-likeness (QED) is 0.504. The van der Waals surface area contributed by atoms with Gasteiger partial charge in [-0.2, -0.15) is 0 Å². The Balaban J connectivity index is 2.40. The molecule has 1 nitrogen and oxygen atoms in total. The fraction of sp³-hybridized carbons (Fsp3) is 0.429. The summed E-state index contributed by atoms with van der Waals surface area (Å²) in [5, 5.41) is 0. The first kappa shape index (κ1) is 6.61. The van der Waals surface area contributed by atoms with Crippen LogP contribution in [0.2, 0.25) is 6.04 Å². The van der Waals surface area contributed by atoms with Gasteiger partial charge >= 0.3 is 0 Å². The van der Waals surface area contributed by atoms with Gasteiger partial charge in [0.1, 0.15) is 0 Å². The maximum absolute atomic E-state index is 5.46. The first-order valence-corrected chi connectivity index (χ1v) is 5.25. The Hall–Kier alpha value is -0.503. The van der Waals surface area contributed by atoms with E-state index in [1.165, 1.54) is 12.5 Å². The predicted molar refractivity (Wildman–Crippen MR) is 41.6 cm³/mol. The van der Waals surface area contributed by atoms with Crippen molar-refractivity contribution in [2.24, 2.45) is 0 Å². The van der Waals surface area contributed by atoms with Crippen molar-refractivity contribution < 1.29 is 4.43 Å². The molecule has 0 radical (unpaired) electrons. The Kier molecular flexibility index (Phi) is 2.11. The topological polar surface area (TPSA) is 9.23 Å². The summed E-state index contributed by atoms with van der Waals surface area (Å²) in [5.41, 5.74) is 1.98. The maximum atomic E-state index is 5.46. The summed E-state index contributed by atoms with van der Waals surface area (Å²) in [7, 11) is -0.999. The van der Waals surface area contributed by atoms with E-state index in [2.05, 4.69) is 13.2 Å². The second-order valence-electron chi connectivity index (χ2n) is 2.32. The molecule has 0 aromatic carbocycles. The van der Waals surface area contributed by atoms with Crippen LogP contribution in [0.1, 0.15) is 12.8 Å². The first-order chi connectivity index (χ1) is 4.33. The SMILES string of the molecule is C=C[SiH]1CCCC(=C)O1. The fourth-order valence-corrected chi connectivity index (χ4v) is 2.60. The molecule has 1 unspecified atom stereocenters. The third-order valence-electron chi connectivity index (χ3n) is 1.53. The third kappa shape index (κ3) is 1.71. The van der Waals surface area contributed by atoms with Crippen LogP contribution in [0.15, 0.2) is 24.6 Å².